The molecule has 0 saturated heterocycles. The van der Waals surface area contributed by atoms with E-state index < -0.39 is 5.54 Å². The van der Waals surface area contributed by atoms with E-state index in [-0.39, 0.29) is 24.3 Å². The second-order valence-corrected chi connectivity index (χ2v) is 7.55. The van der Waals surface area contributed by atoms with Crippen LogP contribution in [0.15, 0.2) is 18.2 Å². The Bertz CT molecular complexity index is 657. The molecule has 0 unspecified atom stereocenters. The predicted molar refractivity (Wildman–Crippen MR) is 94.4 cm³/mol. The monoisotopic (exact) mass is 363 g/mol. The van der Waals surface area contributed by atoms with Gasteiger partial charge in [0.15, 0.2) is 0 Å². The largest absolute Gasteiger partial charge is 0.337 e. The Morgan fingerprint density at radius 2 is 2.08 bits per heavy atom. The summed E-state index contributed by atoms with van der Waals surface area (Å²) in [6.45, 7) is 0.474. The molecule has 134 valence electrons. The third-order valence-electron chi connectivity index (χ3n) is 5.13. The maximum Gasteiger partial charge on any atom is 0.235 e. The van der Waals surface area contributed by atoms with Crippen molar-refractivity contribution in [3.05, 3.63) is 34.6 Å². The molecular weight excluding hydrogens is 341 g/mol. The molecule has 1 amide bonds. The van der Waals surface area contributed by atoms with Crippen molar-refractivity contribution in [3.8, 4) is 6.07 Å². The van der Waals surface area contributed by atoms with E-state index in [1.165, 1.54) is 6.07 Å². The molecule has 0 aliphatic heterocycles. The lowest BCUT2D eigenvalue weighted by molar-refractivity contribution is -0.124. The fraction of sp³-hybridized carbons (Fsp3) is 0.579. The van der Waals surface area contributed by atoms with Crippen LogP contribution in [0.3, 0.4) is 0 Å². The molecule has 0 bridgehead atoms. The zero-order valence-electron chi connectivity index (χ0n) is 14.2. The number of halogens is 2. The molecular formula is C19H23ClFN3O. The lowest BCUT2D eigenvalue weighted by Crippen LogP contribution is -2.51. The zero-order chi connectivity index (χ0) is 17.9. The third-order valence-corrected chi connectivity index (χ3v) is 5.49. The van der Waals surface area contributed by atoms with Gasteiger partial charge in [0.05, 0.1) is 12.6 Å². The summed E-state index contributed by atoms with van der Waals surface area (Å²) in [7, 11) is 0. The quantitative estimate of drug-likeness (QED) is 0.836. The van der Waals surface area contributed by atoms with E-state index in [2.05, 4.69) is 11.4 Å². The summed E-state index contributed by atoms with van der Waals surface area (Å²) < 4.78 is 14.1. The fourth-order valence-corrected chi connectivity index (χ4v) is 3.77. The van der Waals surface area contributed by atoms with Crippen molar-refractivity contribution in [1.29, 1.82) is 5.26 Å². The Morgan fingerprint density at radius 1 is 1.36 bits per heavy atom. The highest BCUT2D eigenvalue weighted by molar-refractivity contribution is 6.31. The second-order valence-electron chi connectivity index (χ2n) is 7.14. The van der Waals surface area contributed by atoms with Crippen molar-refractivity contribution in [3.63, 3.8) is 0 Å². The number of benzene rings is 1. The van der Waals surface area contributed by atoms with E-state index in [0.29, 0.717) is 30.0 Å². The van der Waals surface area contributed by atoms with Gasteiger partial charge in [-0.1, -0.05) is 36.9 Å². The van der Waals surface area contributed by atoms with Gasteiger partial charge in [-0.2, -0.15) is 5.26 Å². The first-order chi connectivity index (χ1) is 12.0. The molecule has 0 radical (unpaired) electrons. The highest BCUT2D eigenvalue weighted by Crippen LogP contribution is 2.31. The molecule has 2 saturated carbocycles. The molecule has 0 atom stereocenters. The molecule has 4 nitrogen and oxygen atoms in total. The molecule has 0 heterocycles. The van der Waals surface area contributed by atoms with Crippen LogP contribution in [-0.2, 0) is 11.3 Å². The number of nitriles is 1. The van der Waals surface area contributed by atoms with Gasteiger partial charge in [0, 0.05) is 23.2 Å². The van der Waals surface area contributed by atoms with E-state index in [9.17, 15) is 14.4 Å². The molecule has 1 N–H and O–H groups in total. The minimum atomic E-state index is -0.736. The summed E-state index contributed by atoms with van der Waals surface area (Å²) in [6.07, 6.45) is 6.45. The first-order valence-electron chi connectivity index (χ1n) is 8.92. The van der Waals surface area contributed by atoms with Crippen LogP contribution in [-0.4, -0.2) is 28.9 Å². The van der Waals surface area contributed by atoms with Gasteiger partial charge < -0.3 is 5.32 Å². The van der Waals surface area contributed by atoms with Crippen LogP contribution in [0.25, 0.3) is 0 Å². The van der Waals surface area contributed by atoms with Crippen LogP contribution < -0.4 is 5.32 Å². The SMILES string of the molecule is N#CC1(NC(=O)CN(Cc2c(F)cccc2Cl)C2CC2)CCCCC1. The average molecular weight is 364 g/mol. The third kappa shape index (κ3) is 4.50. The van der Waals surface area contributed by atoms with Crippen molar-refractivity contribution in [2.24, 2.45) is 0 Å². The van der Waals surface area contributed by atoms with E-state index in [1.54, 1.807) is 12.1 Å². The summed E-state index contributed by atoms with van der Waals surface area (Å²) in [5.74, 6) is -0.512. The van der Waals surface area contributed by atoms with E-state index in [4.69, 9.17) is 11.6 Å². The standard InChI is InChI=1S/C19H23ClFN3O/c20-16-5-4-6-17(21)15(16)11-24(14-7-8-14)12-18(25)23-19(13-22)9-2-1-3-10-19/h4-6,14H,1-3,7-12H2,(H,23,25). The van der Waals surface area contributed by atoms with Gasteiger partial charge >= 0.3 is 0 Å². The van der Waals surface area contributed by atoms with Crippen LogP contribution >= 0.6 is 11.6 Å². The molecule has 2 aliphatic carbocycles. The van der Waals surface area contributed by atoms with Gasteiger partial charge in [-0.15, -0.1) is 0 Å². The number of hydrogen-bond donors (Lipinski definition) is 1. The van der Waals surface area contributed by atoms with E-state index >= 15 is 0 Å². The lowest BCUT2D eigenvalue weighted by atomic mass is 9.83. The summed E-state index contributed by atoms with van der Waals surface area (Å²) in [4.78, 5) is 14.5. The van der Waals surface area contributed by atoms with Crippen molar-refractivity contribution < 1.29 is 9.18 Å². The highest BCUT2D eigenvalue weighted by atomic mass is 35.5. The van der Waals surface area contributed by atoms with Gasteiger partial charge in [0.2, 0.25) is 5.91 Å². The summed E-state index contributed by atoms with van der Waals surface area (Å²) in [5, 5.41) is 12.8. The Hall–Kier alpha value is -1.64. The minimum absolute atomic E-state index is 0.164. The number of rotatable bonds is 6. The molecule has 2 fully saturated rings. The van der Waals surface area contributed by atoms with Crippen molar-refractivity contribution in [1.82, 2.24) is 10.2 Å². The number of nitrogens with one attached hydrogen (secondary N) is 1. The first-order valence-corrected chi connectivity index (χ1v) is 9.30. The van der Waals surface area contributed by atoms with Crippen LogP contribution in [0.2, 0.25) is 5.02 Å². The normalized spacial score (nSPS) is 19.4. The molecule has 1 aromatic rings. The number of carbonyl (C=O) groups is 1. The first kappa shape index (κ1) is 18.2. The van der Waals surface area contributed by atoms with Gasteiger partial charge in [-0.3, -0.25) is 9.69 Å². The maximum atomic E-state index is 14.1. The number of amides is 1. The van der Waals surface area contributed by atoms with Crippen LogP contribution in [0.5, 0.6) is 0 Å². The van der Waals surface area contributed by atoms with Gasteiger partial charge in [0.25, 0.3) is 0 Å². The topological polar surface area (TPSA) is 56.1 Å². The van der Waals surface area contributed by atoms with Crippen LogP contribution in [0.1, 0.15) is 50.5 Å². The van der Waals surface area contributed by atoms with E-state index in [0.717, 1.165) is 32.1 Å². The smallest absolute Gasteiger partial charge is 0.235 e. The Kier molecular flexibility index (Phi) is 5.61. The number of carbonyl (C=O) groups excluding carboxylic acids is 1. The molecule has 0 aromatic heterocycles. The van der Waals surface area contributed by atoms with Crippen LogP contribution in [0.4, 0.5) is 4.39 Å². The predicted octanol–water partition coefficient (Wildman–Crippen LogP) is 3.79. The minimum Gasteiger partial charge on any atom is -0.337 e. The molecule has 6 heteroatoms. The molecule has 3 rings (SSSR count). The summed E-state index contributed by atoms with van der Waals surface area (Å²) >= 11 is 6.13. The van der Waals surface area contributed by atoms with Gasteiger partial charge in [0.1, 0.15) is 11.4 Å². The Balaban J connectivity index is 1.66. The Morgan fingerprint density at radius 3 is 2.68 bits per heavy atom. The summed E-state index contributed by atoms with van der Waals surface area (Å²) in [5.41, 5.74) is -0.309. The fourth-order valence-electron chi connectivity index (χ4n) is 3.55. The molecule has 2 aliphatic rings. The second kappa shape index (κ2) is 7.72. The zero-order valence-corrected chi connectivity index (χ0v) is 15.0. The molecule has 1 aromatic carbocycles. The van der Waals surface area contributed by atoms with Crippen molar-refractivity contribution in [2.75, 3.05) is 6.54 Å². The lowest BCUT2D eigenvalue weighted by Gasteiger charge is -2.32. The van der Waals surface area contributed by atoms with Crippen LogP contribution in [0, 0.1) is 17.1 Å². The summed E-state index contributed by atoms with van der Waals surface area (Å²) in [6, 6.07) is 7.22. The van der Waals surface area contributed by atoms with Gasteiger partial charge in [-0.05, 0) is 37.8 Å². The van der Waals surface area contributed by atoms with Crippen molar-refractivity contribution in [2.45, 2.75) is 63.1 Å². The van der Waals surface area contributed by atoms with E-state index in [1.807, 2.05) is 4.90 Å². The molecule has 25 heavy (non-hydrogen) atoms. The number of hydrogen-bond acceptors (Lipinski definition) is 3. The highest BCUT2D eigenvalue weighted by Gasteiger charge is 2.36. The maximum absolute atomic E-state index is 14.1. The van der Waals surface area contributed by atoms with Gasteiger partial charge in [-0.25, -0.2) is 4.39 Å². The Labute approximate surface area is 152 Å². The van der Waals surface area contributed by atoms with Crippen molar-refractivity contribution >= 4 is 17.5 Å². The molecule has 0 spiro atoms. The average Bonchev–Trinajstić information content (AvgIpc) is 3.43. The number of nitrogens with zero attached hydrogens (tertiary/aromatic N) is 2.